The minimum absolute atomic E-state index is 0.129. The van der Waals surface area contributed by atoms with Gasteiger partial charge in [0.25, 0.3) is 5.56 Å². The van der Waals surface area contributed by atoms with E-state index in [4.69, 9.17) is 14.2 Å². The molecule has 2 atom stereocenters. The summed E-state index contributed by atoms with van der Waals surface area (Å²) in [5, 5.41) is 0. The summed E-state index contributed by atoms with van der Waals surface area (Å²) >= 11 is 3.14. The number of halogens is 2. The van der Waals surface area contributed by atoms with Gasteiger partial charge in [-0.25, -0.2) is 4.39 Å². The predicted molar refractivity (Wildman–Crippen MR) is 99.4 cm³/mol. The zero-order chi connectivity index (χ0) is 18.7. The Morgan fingerprint density at radius 3 is 2.81 bits per heavy atom. The molecule has 1 unspecified atom stereocenters. The second-order valence-electron chi connectivity index (χ2n) is 6.27. The molecular weight excluding hydrogens is 405 g/mol. The highest BCUT2D eigenvalue weighted by atomic mass is 79.9. The molecule has 0 radical (unpaired) electrons. The van der Waals surface area contributed by atoms with Gasteiger partial charge < -0.3 is 18.8 Å². The molecule has 0 bridgehead atoms. The molecule has 1 saturated heterocycles. The van der Waals surface area contributed by atoms with Gasteiger partial charge in [0.1, 0.15) is 24.3 Å². The molecule has 0 N–H and O–H groups in total. The van der Waals surface area contributed by atoms with Gasteiger partial charge >= 0.3 is 0 Å². The van der Waals surface area contributed by atoms with E-state index < -0.39 is 0 Å². The molecule has 26 heavy (non-hydrogen) atoms. The summed E-state index contributed by atoms with van der Waals surface area (Å²) in [6.07, 6.45) is -0.129. The fourth-order valence-electron chi connectivity index (χ4n) is 3.01. The highest BCUT2D eigenvalue weighted by Crippen LogP contribution is 2.24. The van der Waals surface area contributed by atoms with Crippen molar-refractivity contribution in [2.45, 2.75) is 26.0 Å². The second kappa shape index (κ2) is 8.33. The van der Waals surface area contributed by atoms with Crippen LogP contribution in [-0.2, 0) is 9.47 Å². The van der Waals surface area contributed by atoms with Crippen LogP contribution in [0.5, 0.6) is 5.75 Å². The number of ether oxygens (including phenoxy) is 3. The highest BCUT2D eigenvalue weighted by Gasteiger charge is 2.17. The van der Waals surface area contributed by atoms with Crippen LogP contribution < -0.4 is 10.3 Å². The van der Waals surface area contributed by atoms with Gasteiger partial charge in [0.15, 0.2) is 0 Å². The lowest BCUT2D eigenvalue weighted by molar-refractivity contribution is -0.101. The van der Waals surface area contributed by atoms with Crippen LogP contribution in [-0.4, -0.2) is 37.1 Å². The predicted octanol–water partition coefficient (Wildman–Crippen LogP) is 3.46. The molecular formula is C19H21BrFNO4. The summed E-state index contributed by atoms with van der Waals surface area (Å²) < 4.78 is 32.4. The summed E-state index contributed by atoms with van der Waals surface area (Å²) in [6.45, 7) is 5.67. The van der Waals surface area contributed by atoms with Crippen molar-refractivity contribution in [3.8, 4) is 5.75 Å². The van der Waals surface area contributed by atoms with Crippen LogP contribution >= 0.6 is 15.9 Å². The van der Waals surface area contributed by atoms with Crippen LogP contribution in [0.25, 0.3) is 0 Å². The number of aromatic nitrogens is 1. The van der Waals surface area contributed by atoms with Gasteiger partial charge in [-0.1, -0.05) is 6.07 Å². The first-order valence-electron chi connectivity index (χ1n) is 8.46. The lowest BCUT2D eigenvalue weighted by Crippen LogP contribution is -2.33. The Labute approximate surface area is 159 Å². The molecule has 2 aromatic rings. The SMILES string of the molecule is Cc1cc(OCC2COCCO2)cc(=O)n1[C@H](C)c1ccc(Br)c(F)c1. The zero-order valence-electron chi connectivity index (χ0n) is 14.7. The van der Waals surface area contributed by atoms with Crippen molar-refractivity contribution in [2.75, 3.05) is 26.4 Å². The maximum atomic E-state index is 13.8. The molecule has 140 valence electrons. The summed E-state index contributed by atoms with van der Waals surface area (Å²) in [4.78, 5) is 12.6. The van der Waals surface area contributed by atoms with Crippen molar-refractivity contribution in [2.24, 2.45) is 0 Å². The van der Waals surface area contributed by atoms with Crippen LogP contribution in [0.15, 0.2) is 39.6 Å². The fourth-order valence-corrected chi connectivity index (χ4v) is 3.25. The van der Waals surface area contributed by atoms with Crippen molar-refractivity contribution >= 4 is 15.9 Å². The summed E-state index contributed by atoms with van der Waals surface area (Å²) in [6, 6.07) is 7.83. The van der Waals surface area contributed by atoms with Crippen molar-refractivity contribution in [1.29, 1.82) is 0 Å². The molecule has 5 nitrogen and oxygen atoms in total. The van der Waals surface area contributed by atoms with Gasteiger partial charge in [0, 0.05) is 11.8 Å². The average Bonchev–Trinajstić information content (AvgIpc) is 2.62. The Hall–Kier alpha value is -1.70. The van der Waals surface area contributed by atoms with Crippen LogP contribution in [0.4, 0.5) is 4.39 Å². The average molecular weight is 426 g/mol. The molecule has 7 heteroatoms. The Bertz CT molecular complexity index is 833. The number of rotatable bonds is 5. The van der Waals surface area contributed by atoms with Gasteiger partial charge in [-0.15, -0.1) is 0 Å². The maximum Gasteiger partial charge on any atom is 0.254 e. The minimum atomic E-state index is -0.352. The van der Waals surface area contributed by atoms with Crippen molar-refractivity contribution in [3.63, 3.8) is 0 Å². The Balaban J connectivity index is 1.78. The maximum absolute atomic E-state index is 13.8. The van der Waals surface area contributed by atoms with E-state index in [-0.39, 0.29) is 23.5 Å². The number of hydrogen-bond acceptors (Lipinski definition) is 4. The molecule has 0 saturated carbocycles. The first kappa shape index (κ1) is 19.1. The first-order valence-corrected chi connectivity index (χ1v) is 9.25. The summed E-state index contributed by atoms with van der Waals surface area (Å²) in [5.74, 6) is 0.141. The Kier molecular flexibility index (Phi) is 6.11. The molecule has 1 aromatic heterocycles. The monoisotopic (exact) mass is 425 g/mol. The molecule has 1 aromatic carbocycles. The fraction of sp³-hybridized carbons (Fsp3) is 0.421. The number of aryl methyl sites for hydroxylation is 1. The van der Waals surface area contributed by atoms with Crippen molar-refractivity contribution < 1.29 is 18.6 Å². The minimum Gasteiger partial charge on any atom is -0.491 e. The third-order valence-electron chi connectivity index (χ3n) is 4.37. The molecule has 1 aliphatic rings. The molecule has 0 amide bonds. The first-order chi connectivity index (χ1) is 12.5. The van der Waals surface area contributed by atoms with Gasteiger partial charge in [-0.3, -0.25) is 4.79 Å². The molecule has 2 heterocycles. The molecule has 1 fully saturated rings. The molecule has 0 spiro atoms. The Morgan fingerprint density at radius 2 is 2.15 bits per heavy atom. The third-order valence-corrected chi connectivity index (χ3v) is 5.01. The quantitative estimate of drug-likeness (QED) is 0.735. The van der Waals surface area contributed by atoms with Crippen molar-refractivity contribution in [3.05, 3.63) is 62.2 Å². The normalized spacial score (nSPS) is 18.5. The largest absolute Gasteiger partial charge is 0.491 e. The lowest BCUT2D eigenvalue weighted by Gasteiger charge is -2.23. The van der Waals surface area contributed by atoms with Gasteiger partial charge in [-0.05, 0) is 53.5 Å². The van der Waals surface area contributed by atoms with Crippen LogP contribution in [0, 0.1) is 12.7 Å². The highest BCUT2D eigenvalue weighted by molar-refractivity contribution is 9.10. The van der Waals surface area contributed by atoms with Crippen molar-refractivity contribution in [1.82, 2.24) is 4.57 Å². The van der Waals surface area contributed by atoms with E-state index >= 15 is 0 Å². The smallest absolute Gasteiger partial charge is 0.254 e. The van der Waals surface area contributed by atoms with Gasteiger partial charge in [0.2, 0.25) is 0 Å². The number of benzene rings is 1. The topological polar surface area (TPSA) is 49.7 Å². The van der Waals surface area contributed by atoms with E-state index in [0.29, 0.717) is 36.6 Å². The van der Waals surface area contributed by atoms with E-state index in [2.05, 4.69) is 15.9 Å². The van der Waals surface area contributed by atoms with E-state index in [1.807, 2.05) is 13.8 Å². The molecule has 1 aliphatic heterocycles. The molecule has 0 aliphatic carbocycles. The summed E-state index contributed by atoms with van der Waals surface area (Å²) in [5.41, 5.74) is 1.26. The van der Waals surface area contributed by atoms with Crippen LogP contribution in [0.3, 0.4) is 0 Å². The number of nitrogens with zero attached hydrogens (tertiary/aromatic N) is 1. The standard InChI is InChI=1S/C19H21BrFNO4/c1-12-7-15(26-11-16-10-24-5-6-25-16)9-19(23)22(12)13(2)14-3-4-17(20)18(21)8-14/h3-4,7-9,13,16H,5-6,10-11H2,1-2H3/t13-,16?/m1/s1. The van der Waals surface area contributed by atoms with Gasteiger partial charge in [0.05, 0.1) is 30.3 Å². The van der Waals surface area contributed by atoms with Crippen LogP contribution in [0.1, 0.15) is 24.2 Å². The van der Waals surface area contributed by atoms with E-state index in [9.17, 15) is 9.18 Å². The Morgan fingerprint density at radius 1 is 1.35 bits per heavy atom. The third kappa shape index (κ3) is 4.34. The number of pyridine rings is 1. The van der Waals surface area contributed by atoms with E-state index in [1.165, 1.54) is 12.1 Å². The number of hydrogen-bond donors (Lipinski definition) is 0. The zero-order valence-corrected chi connectivity index (χ0v) is 16.3. The summed E-state index contributed by atoms with van der Waals surface area (Å²) in [7, 11) is 0. The molecule has 3 rings (SSSR count). The van der Waals surface area contributed by atoms with E-state index in [0.717, 1.165) is 11.3 Å². The van der Waals surface area contributed by atoms with Crippen LogP contribution in [0.2, 0.25) is 0 Å². The lowest BCUT2D eigenvalue weighted by atomic mass is 10.1. The second-order valence-corrected chi connectivity index (χ2v) is 7.12. The van der Waals surface area contributed by atoms with E-state index in [1.54, 1.807) is 22.8 Å². The van der Waals surface area contributed by atoms with Gasteiger partial charge in [-0.2, -0.15) is 0 Å².